The molecule has 104 valence electrons. The van der Waals surface area contributed by atoms with E-state index >= 15 is 0 Å². The van der Waals surface area contributed by atoms with Gasteiger partial charge in [0.2, 0.25) is 5.91 Å². The number of anilines is 2. The molecule has 0 bridgehead atoms. The van der Waals surface area contributed by atoms with Gasteiger partial charge in [-0.25, -0.2) is 4.39 Å². The van der Waals surface area contributed by atoms with Gasteiger partial charge in [0.05, 0.1) is 11.4 Å². The van der Waals surface area contributed by atoms with Crippen molar-refractivity contribution in [3.8, 4) is 0 Å². The smallest absolute Gasteiger partial charge is 0.227 e. The summed E-state index contributed by atoms with van der Waals surface area (Å²) in [5.74, 6) is 0.279. The van der Waals surface area contributed by atoms with Crippen molar-refractivity contribution in [2.75, 3.05) is 29.2 Å². The van der Waals surface area contributed by atoms with Gasteiger partial charge in [-0.2, -0.15) is 0 Å². The highest BCUT2D eigenvalue weighted by molar-refractivity contribution is 6.18. The summed E-state index contributed by atoms with van der Waals surface area (Å²) in [6.07, 6.45) is 1.41. The molecule has 1 N–H and O–H groups in total. The molecule has 1 heterocycles. The molecule has 3 nitrogen and oxygen atoms in total. The second-order valence-electron chi connectivity index (χ2n) is 4.82. The van der Waals surface area contributed by atoms with E-state index < -0.39 is 0 Å². The molecular formula is C14H18ClFN2O. The van der Waals surface area contributed by atoms with Gasteiger partial charge >= 0.3 is 0 Å². The SMILES string of the molecule is CCCNc1ccc(F)cc1N1CC(CCl)CC1=O. The first-order valence-electron chi connectivity index (χ1n) is 6.55. The lowest BCUT2D eigenvalue weighted by Crippen LogP contribution is -2.26. The summed E-state index contributed by atoms with van der Waals surface area (Å²) in [5, 5.41) is 3.23. The predicted molar refractivity (Wildman–Crippen MR) is 76.4 cm³/mol. The number of hydrogen-bond donors (Lipinski definition) is 1. The minimum atomic E-state index is -0.334. The van der Waals surface area contributed by atoms with Crippen LogP contribution in [0.5, 0.6) is 0 Å². The lowest BCUT2D eigenvalue weighted by atomic mass is 10.1. The molecule has 1 atom stereocenters. The number of amides is 1. The zero-order chi connectivity index (χ0) is 13.8. The Hall–Kier alpha value is -1.29. The average Bonchev–Trinajstić information content (AvgIpc) is 2.78. The van der Waals surface area contributed by atoms with Crippen LogP contribution in [0.2, 0.25) is 0 Å². The summed E-state index contributed by atoms with van der Waals surface area (Å²) in [7, 11) is 0. The van der Waals surface area contributed by atoms with Crippen LogP contribution in [0.4, 0.5) is 15.8 Å². The molecule has 1 aliphatic heterocycles. The quantitative estimate of drug-likeness (QED) is 0.842. The molecular weight excluding hydrogens is 267 g/mol. The van der Waals surface area contributed by atoms with E-state index in [1.807, 2.05) is 0 Å². The number of benzene rings is 1. The Bertz CT molecular complexity index is 467. The predicted octanol–water partition coefficient (Wildman–Crippen LogP) is 3.24. The Balaban J connectivity index is 2.27. The van der Waals surface area contributed by atoms with Crippen LogP contribution in [0.25, 0.3) is 0 Å². The van der Waals surface area contributed by atoms with Gasteiger partial charge < -0.3 is 10.2 Å². The van der Waals surface area contributed by atoms with Crippen LogP contribution >= 0.6 is 11.6 Å². The van der Waals surface area contributed by atoms with Gasteiger partial charge in [0.1, 0.15) is 5.82 Å². The first-order chi connectivity index (χ1) is 9.15. The van der Waals surface area contributed by atoms with Crippen LogP contribution < -0.4 is 10.2 Å². The van der Waals surface area contributed by atoms with Gasteiger partial charge in [-0.15, -0.1) is 11.6 Å². The van der Waals surface area contributed by atoms with Gasteiger partial charge in [0.15, 0.2) is 0 Å². The highest BCUT2D eigenvalue weighted by Gasteiger charge is 2.31. The molecule has 1 saturated heterocycles. The zero-order valence-electron chi connectivity index (χ0n) is 11.0. The largest absolute Gasteiger partial charge is 0.383 e. The van der Waals surface area contributed by atoms with Crippen molar-refractivity contribution >= 4 is 28.9 Å². The molecule has 19 heavy (non-hydrogen) atoms. The van der Waals surface area contributed by atoms with E-state index in [0.29, 0.717) is 24.5 Å². The van der Waals surface area contributed by atoms with E-state index in [4.69, 9.17) is 11.6 Å². The molecule has 0 saturated carbocycles. The maximum absolute atomic E-state index is 13.4. The third-order valence-electron chi connectivity index (χ3n) is 3.24. The summed E-state index contributed by atoms with van der Waals surface area (Å²) in [5.41, 5.74) is 1.41. The molecule has 1 unspecified atom stereocenters. The van der Waals surface area contributed by atoms with E-state index in [0.717, 1.165) is 18.7 Å². The maximum atomic E-state index is 13.4. The Morgan fingerprint density at radius 1 is 1.53 bits per heavy atom. The van der Waals surface area contributed by atoms with Gasteiger partial charge in [-0.1, -0.05) is 6.92 Å². The van der Waals surface area contributed by atoms with Crippen LogP contribution in [0.15, 0.2) is 18.2 Å². The second-order valence-corrected chi connectivity index (χ2v) is 5.13. The maximum Gasteiger partial charge on any atom is 0.227 e. The third kappa shape index (κ3) is 3.18. The van der Waals surface area contributed by atoms with Gasteiger partial charge in [-0.3, -0.25) is 4.79 Å². The normalized spacial score (nSPS) is 19.0. The van der Waals surface area contributed by atoms with Crippen LogP contribution in [0, 0.1) is 11.7 Å². The highest BCUT2D eigenvalue weighted by Crippen LogP contribution is 2.32. The summed E-state index contributed by atoms with van der Waals surface area (Å²) in [6.45, 7) is 3.41. The molecule has 1 aromatic rings. The van der Waals surface area contributed by atoms with Crippen molar-refractivity contribution in [2.24, 2.45) is 5.92 Å². The van der Waals surface area contributed by atoms with Crippen molar-refractivity contribution in [3.63, 3.8) is 0 Å². The lowest BCUT2D eigenvalue weighted by molar-refractivity contribution is -0.117. The third-order valence-corrected chi connectivity index (χ3v) is 3.68. The van der Waals surface area contributed by atoms with Crippen molar-refractivity contribution in [3.05, 3.63) is 24.0 Å². The van der Waals surface area contributed by atoms with Gasteiger partial charge in [0.25, 0.3) is 0 Å². The molecule has 0 radical (unpaired) electrons. The number of hydrogen-bond acceptors (Lipinski definition) is 2. The van der Waals surface area contributed by atoms with Gasteiger partial charge in [-0.05, 0) is 30.5 Å². The molecule has 0 aromatic heterocycles. The summed E-state index contributed by atoms with van der Waals surface area (Å²) >= 11 is 5.81. The standard InChI is InChI=1S/C14H18ClFN2O/c1-2-5-17-12-4-3-11(16)7-13(12)18-9-10(8-15)6-14(18)19/h3-4,7,10,17H,2,5-6,8-9H2,1H3. The Morgan fingerprint density at radius 3 is 2.95 bits per heavy atom. The van der Waals surface area contributed by atoms with Crippen LogP contribution in [-0.2, 0) is 4.79 Å². The number of halogens is 2. The molecule has 1 aromatic carbocycles. The van der Waals surface area contributed by atoms with E-state index in [2.05, 4.69) is 12.2 Å². The van der Waals surface area contributed by atoms with E-state index in [1.54, 1.807) is 11.0 Å². The summed E-state index contributed by atoms with van der Waals surface area (Å²) < 4.78 is 13.4. The highest BCUT2D eigenvalue weighted by atomic mass is 35.5. The average molecular weight is 285 g/mol. The molecule has 0 aliphatic carbocycles. The molecule has 1 fully saturated rings. The molecule has 0 spiro atoms. The molecule has 1 amide bonds. The van der Waals surface area contributed by atoms with E-state index in [-0.39, 0.29) is 17.6 Å². The van der Waals surface area contributed by atoms with Crippen LogP contribution in [0.3, 0.4) is 0 Å². The topological polar surface area (TPSA) is 32.3 Å². The van der Waals surface area contributed by atoms with Crippen molar-refractivity contribution in [1.82, 2.24) is 0 Å². The Morgan fingerprint density at radius 2 is 2.32 bits per heavy atom. The number of rotatable bonds is 5. The number of carbonyl (C=O) groups excluding carboxylic acids is 1. The van der Waals surface area contributed by atoms with Crippen molar-refractivity contribution in [2.45, 2.75) is 19.8 Å². The van der Waals surface area contributed by atoms with Gasteiger partial charge in [0, 0.05) is 25.4 Å². The first-order valence-corrected chi connectivity index (χ1v) is 7.09. The fraction of sp³-hybridized carbons (Fsp3) is 0.500. The fourth-order valence-corrected chi connectivity index (χ4v) is 2.46. The molecule has 5 heteroatoms. The van der Waals surface area contributed by atoms with Crippen LogP contribution in [0.1, 0.15) is 19.8 Å². The minimum absolute atomic E-state index is 0.01000. The van der Waals surface area contributed by atoms with Crippen molar-refractivity contribution in [1.29, 1.82) is 0 Å². The zero-order valence-corrected chi connectivity index (χ0v) is 11.7. The number of carbonyl (C=O) groups is 1. The van der Waals surface area contributed by atoms with Crippen LogP contribution in [-0.4, -0.2) is 24.9 Å². The summed E-state index contributed by atoms with van der Waals surface area (Å²) in [6, 6.07) is 4.50. The number of nitrogens with zero attached hydrogens (tertiary/aromatic N) is 1. The lowest BCUT2D eigenvalue weighted by Gasteiger charge is -2.21. The Kier molecular flexibility index (Phi) is 4.64. The van der Waals surface area contributed by atoms with Crippen molar-refractivity contribution < 1.29 is 9.18 Å². The monoisotopic (exact) mass is 284 g/mol. The molecule has 1 aliphatic rings. The minimum Gasteiger partial charge on any atom is -0.383 e. The van der Waals surface area contributed by atoms with E-state index in [1.165, 1.54) is 12.1 Å². The fourth-order valence-electron chi connectivity index (χ4n) is 2.26. The Labute approximate surface area is 117 Å². The first kappa shape index (κ1) is 14.1. The summed E-state index contributed by atoms with van der Waals surface area (Å²) in [4.78, 5) is 13.6. The second kappa shape index (κ2) is 6.24. The number of nitrogens with one attached hydrogen (secondary N) is 1. The van der Waals surface area contributed by atoms with E-state index in [9.17, 15) is 9.18 Å². The number of alkyl halides is 1. The molecule has 2 rings (SSSR count).